The van der Waals surface area contributed by atoms with Crippen molar-refractivity contribution in [2.75, 3.05) is 13.7 Å². The summed E-state index contributed by atoms with van der Waals surface area (Å²) in [5, 5.41) is 11.7. The minimum Gasteiger partial charge on any atom is -0.465 e. The smallest absolute Gasteiger partial charge is 0.339 e. The van der Waals surface area contributed by atoms with E-state index in [1.165, 1.54) is 7.11 Å². The Bertz CT molecular complexity index is 477. The standard InChI is InChI=1S/C13H20N2O4/c1-5-9-10(13(18)19-4)8(3)11(15-9)12(17)14-6-7(2)16/h7,15-16H,5-6H2,1-4H3,(H,14,17). The van der Waals surface area contributed by atoms with Crippen LogP contribution in [0.1, 0.15) is 46.0 Å². The third-order valence-electron chi connectivity index (χ3n) is 2.86. The van der Waals surface area contributed by atoms with Gasteiger partial charge in [0.15, 0.2) is 0 Å². The average molecular weight is 268 g/mol. The molecule has 0 aromatic carbocycles. The zero-order valence-electron chi connectivity index (χ0n) is 11.7. The lowest BCUT2D eigenvalue weighted by atomic mass is 10.1. The fourth-order valence-electron chi connectivity index (χ4n) is 1.86. The van der Waals surface area contributed by atoms with Crippen molar-refractivity contribution < 1.29 is 19.4 Å². The van der Waals surface area contributed by atoms with Crippen LogP contribution >= 0.6 is 0 Å². The van der Waals surface area contributed by atoms with E-state index in [1.807, 2.05) is 6.92 Å². The van der Waals surface area contributed by atoms with Crippen molar-refractivity contribution in [1.82, 2.24) is 10.3 Å². The predicted octanol–water partition coefficient (Wildman–Crippen LogP) is 0.783. The fourth-order valence-corrected chi connectivity index (χ4v) is 1.86. The predicted molar refractivity (Wildman–Crippen MR) is 70.3 cm³/mol. The first kappa shape index (κ1) is 15.2. The van der Waals surface area contributed by atoms with Gasteiger partial charge in [0.1, 0.15) is 5.69 Å². The molecule has 1 atom stereocenters. The number of esters is 1. The fraction of sp³-hybridized carbons (Fsp3) is 0.538. The molecule has 0 saturated heterocycles. The number of ether oxygens (including phenoxy) is 1. The summed E-state index contributed by atoms with van der Waals surface area (Å²) in [6.07, 6.45) is -0.0282. The molecule has 1 aromatic rings. The number of aliphatic hydroxyl groups excluding tert-OH is 1. The van der Waals surface area contributed by atoms with Gasteiger partial charge in [0, 0.05) is 12.2 Å². The van der Waals surface area contributed by atoms with E-state index >= 15 is 0 Å². The number of hydrogen-bond donors (Lipinski definition) is 3. The molecule has 106 valence electrons. The molecule has 1 aromatic heterocycles. The van der Waals surface area contributed by atoms with Gasteiger partial charge in [-0.3, -0.25) is 4.79 Å². The highest BCUT2D eigenvalue weighted by molar-refractivity contribution is 6.00. The summed E-state index contributed by atoms with van der Waals surface area (Å²) >= 11 is 0. The van der Waals surface area contributed by atoms with E-state index in [0.29, 0.717) is 28.9 Å². The molecule has 6 nitrogen and oxygen atoms in total. The highest BCUT2D eigenvalue weighted by Crippen LogP contribution is 2.20. The molecule has 0 fully saturated rings. The first-order valence-corrected chi connectivity index (χ1v) is 6.18. The molecule has 19 heavy (non-hydrogen) atoms. The number of H-pyrrole nitrogens is 1. The number of aryl methyl sites for hydroxylation is 1. The van der Waals surface area contributed by atoms with Crippen LogP contribution in [0.5, 0.6) is 0 Å². The Kier molecular flexibility index (Phi) is 5.11. The summed E-state index contributed by atoms with van der Waals surface area (Å²) in [4.78, 5) is 26.6. The molecule has 0 aliphatic heterocycles. The summed E-state index contributed by atoms with van der Waals surface area (Å²) < 4.78 is 4.72. The Labute approximate surface area is 112 Å². The minimum absolute atomic E-state index is 0.159. The maximum atomic E-state index is 12.0. The van der Waals surface area contributed by atoms with E-state index in [9.17, 15) is 9.59 Å². The third-order valence-corrected chi connectivity index (χ3v) is 2.86. The summed E-state index contributed by atoms with van der Waals surface area (Å²) in [5.74, 6) is -0.802. The van der Waals surface area contributed by atoms with Gasteiger partial charge in [0.2, 0.25) is 0 Å². The number of aromatic nitrogens is 1. The van der Waals surface area contributed by atoms with Crippen molar-refractivity contribution in [3.8, 4) is 0 Å². The van der Waals surface area contributed by atoms with Gasteiger partial charge in [-0.1, -0.05) is 6.92 Å². The Balaban J connectivity index is 3.06. The third kappa shape index (κ3) is 3.35. The van der Waals surface area contributed by atoms with E-state index in [2.05, 4.69) is 10.3 Å². The molecular weight excluding hydrogens is 248 g/mol. The van der Waals surface area contributed by atoms with Crippen LogP contribution in [-0.4, -0.2) is 41.7 Å². The first-order chi connectivity index (χ1) is 8.92. The summed E-state index contributed by atoms with van der Waals surface area (Å²) in [7, 11) is 1.31. The van der Waals surface area contributed by atoms with Crippen LogP contribution in [0.2, 0.25) is 0 Å². The van der Waals surface area contributed by atoms with Gasteiger partial charge in [0.05, 0.1) is 18.8 Å². The first-order valence-electron chi connectivity index (χ1n) is 6.18. The molecule has 1 heterocycles. The molecule has 0 aliphatic rings. The second-order valence-corrected chi connectivity index (χ2v) is 4.38. The molecule has 0 radical (unpaired) electrons. The highest BCUT2D eigenvalue weighted by Gasteiger charge is 2.23. The van der Waals surface area contributed by atoms with Crippen molar-refractivity contribution in [2.45, 2.75) is 33.3 Å². The number of aliphatic hydroxyl groups is 1. The lowest BCUT2D eigenvalue weighted by Crippen LogP contribution is -2.31. The Morgan fingerprint density at radius 1 is 1.47 bits per heavy atom. The minimum atomic E-state index is -0.620. The number of hydrogen-bond acceptors (Lipinski definition) is 4. The second kappa shape index (κ2) is 6.38. The van der Waals surface area contributed by atoms with Crippen LogP contribution in [0, 0.1) is 6.92 Å². The molecule has 0 bridgehead atoms. The number of carbonyl (C=O) groups is 2. The number of nitrogens with one attached hydrogen (secondary N) is 2. The Hall–Kier alpha value is -1.82. The number of carbonyl (C=O) groups excluding carboxylic acids is 2. The van der Waals surface area contributed by atoms with Crippen LogP contribution in [0.3, 0.4) is 0 Å². The van der Waals surface area contributed by atoms with Crippen molar-refractivity contribution >= 4 is 11.9 Å². The summed E-state index contributed by atoms with van der Waals surface area (Å²) in [6, 6.07) is 0. The lowest BCUT2D eigenvalue weighted by Gasteiger charge is -2.06. The maximum Gasteiger partial charge on any atom is 0.339 e. The molecule has 1 amide bonds. The van der Waals surface area contributed by atoms with E-state index < -0.39 is 12.1 Å². The topological polar surface area (TPSA) is 91.4 Å². The number of aromatic amines is 1. The molecule has 3 N–H and O–H groups in total. The maximum absolute atomic E-state index is 12.0. The largest absolute Gasteiger partial charge is 0.465 e. The second-order valence-electron chi connectivity index (χ2n) is 4.38. The number of rotatable bonds is 5. The van der Waals surface area contributed by atoms with Gasteiger partial charge in [-0.25, -0.2) is 4.79 Å². The molecule has 0 spiro atoms. The highest BCUT2D eigenvalue weighted by atomic mass is 16.5. The van der Waals surface area contributed by atoms with Gasteiger partial charge in [0.25, 0.3) is 5.91 Å². The average Bonchev–Trinajstić information content (AvgIpc) is 2.72. The van der Waals surface area contributed by atoms with Crippen molar-refractivity contribution in [3.05, 3.63) is 22.5 Å². The van der Waals surface area contributed by atoms with Crippen molar-refractivity contribution in [3.63, 3.8) is 0 Å². The van der Waals surface area contributed by atoms with Gasteiger partial charge >= 0.3 is 5.97 Å². The zero-order valence-corrected chi connectivity index (χ0v) is 11.7. The van der Waals surface area contributed by atoms with Crippen molar-refractivity contribution in [1.29, 1.82) is 0 Å². The van der Waals surface area contributed by atoms with Crippen LogP contribution in [0.25, 0.3) is 0 Å². The molecule has 1 rings (SSSR count). The summed E-state index contributed by atoms with van der Waals surface area (Å²) in [6.45, 7) is 5.32. The monoisotopic (exact) mass is 268 g/mol. The van der Waals surface area contributed by atoms with Gasteiger partial charge < -0.3 is 20.1 Å². The lowest BCUT2D eigenvalue weighted by molar-refractivity contribution is 0.0599. The van der Waals surface area contributed by atoms with E-state index in [1.54, 1.807) is 13.8 Å². The number of amides is 1. The van der Waals surface area contributed by atoms with E-state index in [0.717, 1.165) is 0 Å². The van der Waals surface area contributed by atoms with Gasteiger partial charge in [-0.2, -0.15) is 0 Å². The van der Waals surface area contributed by atoms with Crippen LogP contribution in [0.4, 0.5) is 0 Å². The van der Waals surface area contributed by atoms with Crippen LogP contribution in [0.15, 0.2) is 0 Å². The number of methoxy groups -OCH3 is 1. The van der Waals surface area contributed by atoms with E-state index in [4.69, 9.17) is 9.84 Å². The van der Waals surface area contributed by atoms with Crippen molar-refractivity contribution in [2.24, 2.45) is 0 Å². The zero-order chi connectivity index (χ0) is 14.6. The molecule has 0 saturated carbocycles. The normalized spacial score (nSPS) is 12.1. The quantitative estimate of drug-likeness (QED) is 0.688. The molecule has 0 aliphatic carbocycles. The molecule has 6 heteroatoms. The molecule has 1 unspecified atom stereocenters. The Morgan fingerprint density at radius 2 is 2.11 bits per heavy atom. The van der Waals surface area contributed by atoms with E-state index in [-0.39, 0.29) is 12.5 Å². The Morgan fingerprint density at radius 3 is 2.58 bits per heavy atom. The summed E-state index contributed by atoms with van der Waals surface area (Å²) in [5.41, 5.74) is 1.98. The molecular formula is C13H20N2O4. The van der Waals surface area contributed by atoms with Gasteiger partial charge in [-0.15, -0.1) is 0 Å². The SMILES string of the molecule is CCc1[nH]c(C(=O)NCC(C)O)c(C)c1C(=O)OC. The van der Waals surface area contributed by atoms with Gasteiger partial charge in [-0.05, 0) is 25.8 Å². The van der Waals surface area contributed by atoms with Crippen LogP contribution in [-0.2, 0) is 11.2 Å². The van der Waals surface area contributed by atoms with Crippen LogP contribution < -0.4 is 5.32 Å².